The number of nitrogens with one attached hydrogen (secondary N) is 1. The van der Waals surface area contributed by atoms with Crippen molar-refractivity contribution in [3.8, 4) is 0 Å². The smallest absolute Gasteiger partial charge is 0.328 e. The average Bonchev–Trinajstić information content (AvgIpc) is 3.53. The zero-order chi connectivity index (χ0) is 42.5. The monoisotopic (exact) mass is 805 g/mol. The number of aliphatic carboxylic acids is 1. The second-order valence-corrected chi connectivity index (χ2v) is 15.4. The molecule has 3 rings (SSSR count). The van der Waals surface area contributed by atoms with E-state index in [9.17, 15) is 40.2 Å². The molecule has 3 aliphatic heterocycles. The van der Waals surface area contributed by atoms with E-state index in [-0.39, 0.29) is 31.1 Å². The van der Waals surface area contributed by atoms with Crippen molar-refractivity contribution < 1.29 is 69.0 Å². The van der Waals surface area contributed by atoms with E-state index in [1.54, 1.807) is 88.6 Å². The van der Waals surface area contributed by atoms with E-state index >= 15 is 0 Å². The number of aliphatic hydroxyl groups excluding tert-OH is 5. The van der Waals surface area contributed by atoms with Crippen LogP contribution in [-0.2, 0) is 33.3 Å². The number of ether oxygens (including phenoxy) is 5. The Bertz CT molecular complexity index is 1510. The van der Waals surface area contributed by atoms with Crippen LogP contribution in [0.3, 0.4) is 0 Å². The van der Waals surface area contributed by atoms with Gasteiger partial charge in [0, 0.05) is 43.9 Å². The molecule has 3 fully saturated rings. The fourth-order valence-corrected chi connectivity index (χ4v) is 7.14. The normalized spacial score (nSPS) is 35.6. The predicted octanol–water partition coefficient (Wildman–Crippen LogP) is 1.99. The van der Waals surface area contributed by atoms with E-state index in [0.29, 0.717) is 6.42 Å². The summed E-state index contributed by atoms with van der Waals surface area (Å²) in [4.78, 5) is 24.4. The van der Waals surface area contributed by atoms with Crippen molar-refractivity contribution in [3.63, 3.8) is 0 Å². The van der Waals surface area contributed by atoms with Crippen molar-refractivity contribution in [1.29, 1.82) is 0 Å². The number of carboxylic acid groups (broad SMARTS) is 1. The summed E-state index contributed by atoms with van der Waals surface area (Å²) in [7, 11) is 1.58. The van der Waals surface area contributed by atoms with Crippen molar-refractivity contribution >= 4 is 11.9 Å². The molecule has 0 aromatic rings. The lowest BCUT2D eigenvalue weighted by Gasteiger charge is -2.53. The van der Waals surface area contributed by atoms with Gasteiger partial charge in [-0.2, -0.15) is 0 Å². The number of allylic oxidation sites excluding steroid dienone is 9. The van der Waals surface area contributed by atoms with E-state index in [1.165, 1.54) is 6.08 Å². The molecule has 0 aliphatic carbocycles. The molecule has 320 valence electrons. The van der Waals surface area contributed by atoms with Gasteiger partial charge in [-0.25, -0.2) is 4.79 Å². The maximum absolute atomic E-state index is 13.8. The van der Waals surface area contributed by atoms with E-state index < -0.39 is 90.7 Å². The van der Waals surface area contributed by atoms with Crippen LogP contribution in [-0.4, -0.2) is 141 Å². The summed E-state index contributed by atoms with van der Waals surface area (Å²) in [5.41, 5.74) is -0.221. The standard InChI is InChI=1S/C42H63NO14/c1-8-9-12-19-33-41(5,6)38(49)39(50)42(52,57-33)28(24-54-35-23-30(45)36(48)27(4)55-35)40(51)43-21-16-15-17-25(2)37(53-7)26(3)32-22-29(44)31(56-32)18-13-10-11-14-20-34(46)47/h8-20,26-33,35-39,44-45,48-50,52H,21-24H2,1-7H3,(H,43,51)(H,46,47)/b9-8-,11-10+,16-15+,18-13+,19-12+,20-14+,25-17+/t26?,27-,28-,29?,30-,31?,32?,33+,35+,36+,37?,38+,39-,42-/m1/s1. The lowest BCUT2D eigenvalue weighted by Crippen LogP contribution is -2.70. The molecule has 3 heterocycles. The molecule has 5 unspecified atom stereocenters. The minimum absolute atomic E-state index is 0.00841. The van der Waals surface area contributed by atoms with Crippen LogP contribution in [0.1, 0.15) is 54.4 Å². The zero-order valence-electron chi connectivity index (χ0n) is 33.8. The van der Waals surface area contributed by atoms with Crippen molar-refractivity contribution in [2.75, 3.05) is 20.3 Å². The summed E-state index contributed by atoms with van der Waals surface area (Å²) >= 11 is 0. The minimum atomic E-state index is -2.62. The van der Waals surface area contributed by atoms with Gasteiger partial charge in [0.15, 0.2) is 6.29 Å². The summed E-state index contributed by atoms with van der Waals surface area (Å²) in [6.07, 6.45) is 10.8. The third-order valence-corrected chi connectivity index (χ3v) is 10.8. The second kappa shape index (κ2) is 22.2. The molecular formula is C42H63NO14. The molecule has 0 radical (unpaired) electrons. The molecular weight excluding hydrogens is 742 g/mol. The molecule has 0 aromatic carbocycles. The van der Waals surface area contributed by atoms with Gasteiger partial charge in [0.05, 0.1) is 49.3 Å². The second-order valence-electron chi connectivity index (χ2n) is 15.4. The highest BCUT2D eigenvalue weighted by molar-refractivity contribution is 5.80. The summed E-state index contributed by atoms with van der Waals surface area (Å²) in [5.74, 6) is -6.17. The van der Waals surface area contributed by atoms with Crippen LogP contribution >= 0.6 is 0 Å². The Morgan fingerprint density at radius 2 is 1.61 bits per heavy atom. The topological polar surface area (TPSA) is 234 Å². The van der Waals surface area contributed by atoms with Gasteiger partial charge in [0.1, 0.15) is 24.2 Å². The Labute approximate surface area is 335 Å². The highest BCUT2D eigenvalue weighted by Gasteiger charge is 2.61. The quantitative estimate of drug-likeness (QED) is 0.0732. The largest absolute Gasteiger partial charge is 0.478 e. The SMILES string of the molecule is C/C=C\C=C\[C@@H]1O[C@](O)([C@H](CO[C@@H]2C[C@@H](O)[C@@H](O)[C@@H](C)O2)C(=O)NC/C=C/C=C(\C)C(OC)C(C)C2CC(O)C(/C=C/C=C/C=C/C(=O)O)O2)[C@H](O)[C@H](O)C1(C)C. The minimum Gasteiger partial charge on any atom is -0.478 e. The van der Waals surface area contributed by atoms with Crippen LogP contribution in [0.2, 0.25) is 0 Å². The fourth-order valence-electron chi connectivity index (χ4n) is 7.14. The van der Waals surface area contributed by atoms with Gasteiger partial charge < -0.3 is 64.7 Å². The first-order valence-corrected chi connectivity index (χ1v) is 19.3. The predicted molar refractivity (Wildman–Crippen MR) is 210 cm³/mol. The summed E-state index contributed by atoms with van der Waals surface area (Å²) in [6.45, 7) is 10.0. The molecule has 0 bridgehead atoms. The first-order chi connectivity index (χ1) is 26.9. The Kier molecular flexibility index (Phi) is 18.7. The summed E-state index contributed by atoms with van der Waals surface area (Å²) < 4.78 is 29.5. The highest BCUT2D eigenvalue weighted by Crippen LogP contribution is 2.44. The van der Waals surface area contributed by atoms with E-state index in [1.807, 2.05) is 26.8 Å². The fraction of sp³-hybridized carbons (Fsp3) is 0.619. The van der Waals surface area contributed by atoms with Gasteiger partial charge in [0.2, 0.25) is 11.7 Å². The average molecular weight is 806 g/mol. The Morgan fingerprint density at radius 1 is 0.930 bits per heavy atom. The summed E-state index contributed by atoms with van der Waals surface area (Å²) in [5, 5.41) is 76.9. The molecule has 15 heteroatoms. The molecule has 3 saturated heterocycles. The van der Waals surface area contributed by atoms with Crippen molar-refractivity contribution in [2.45, 2.75) is 128 Å². The zero-order valence-corrected chi connectivity index (χ0v) is 33.8. The van der Waals surface area contributed by atoms with Gasteiger partial charge in [-0.15, -0.1) is 0 Å². The first kappa shape index (κ1) is 48.1. The Balaban J connectivity index is 1.72. The third-order valence-electron chi connectivity index (χ3n) is 10.8. The molecule has 0 aromatic heterocycles. The molecule has 3 aliphatic rings. The van der Waals surface area contributed by atoms with Gasteiger partial charge in [-0.3, -0.25) is 4.79 Å². The third kappa shape index (κ3) is 12.8. The van der Waals surface area contributed by atoms with Crippen molar-refractivity contribution in [1.82, 2.24) is 5.32 Å². The maximum atomic E-state index is 13.8. The van der Waals surface area contributed by atoms with Gasteiger partial charge >= 0.3 is 5.97 Å². The van der Waals surface area contributed by atoms with Crippen LogP contribution in [0.25, 0.3) is 0 Å². The molecule has 14 atom stereocenters. The van der Waals surface area contributed by atoms with Crippen molar-refractivity contribution in [2.24, 2.45) is 17.3 Å². The number of hydrogen-bond donors (Lipinski definition) is 8. The number of carbonyl (C=O) groups excluding carboxylic acids is 1. The van der Waals surface area contributed by atoms with Gasteiger partial charge in [0.25, 0.3) is 0 Å². The van der Waals surface area contributed by atoms with Crippen LogP contribution in [0.5, 0.6) is 0 Å². The molecule has 15 nitrogen and oxygen atoms in total. The van der Waals surface area contributed by atoms with Crippen molar-refractivity contribution in [3.05, 3.63) is 84.6 Å². The maximum Gasteiger partial charge on any atom is 0.328 e. The van der Waals surface area contributed by atoms with E-state index in [4.69, 9.17) is 28.8 Å². The number of rotatable bonds is 18. The number of hydrogen-bond acceptors (Lipinski definition) is 13. The Morgan fingerprint density at radius 3 is 2.26 bits per heavy atom. The van der Waals surface area contributed by atoms with Gasteiger partial charge in [-0.1, -0.05) is 93.7 Å². The number of carboxylic acids is 1. The van der Waals surface area contributed by atoms with Crippen LogP contribution in [0.4, 0.5) is 0 Å². The number of methoxy groups -OCH3 is 1. The van der Waals surface area contributed by atoms with E-state index in [0.717, 1.165) is 11.6 Å². The molecule has 0 saturated carbocycles. The lowest BCUT2D eigenvalue weighted by molar-refractivity contribution is -0.365. The highest BCUT2D eigenvalue weighted by atomic mass is 16.7. The molecule has 8 N–H and O–H groups in total. The summed E-state index contributed by atoms with van der Waals surface area (Å²) in [6, 6.07) is 0. The first-order valence-electron chi connectivity index (χ1n) is 19.3. The lowest BCUT2D eigenvalue weighted by atomic mass is 9.71. The molecule has 1 amide bonds. The number of aliphatic hydroxyl groups is 6. The molecule has 57 heavy (non-hydrogen) atoms. The van der Waals surface area contributed by atoms with Crippen LogP contribution in [0, 0.1) is 17.3 Å². The number of carbonyl (C=O) groups is 2. The molecule has 0 spiro atoms. The Hall–Kier alpha value is -3.32. The van der Waals surface area contributed by atoms with Gasteiger partial charge in [-0.05, 0) is 26.3 Å². The van der Waals surface area contributed by atoms with Crippen LogP contribution in [0.15, 0.2) is 84.6 Å². The van der Waals surface area contributed by atoms with Crippen LogP contribution < -0.4 is 5.32 Å². The number of amides is 1. The van der Waals surface area contributed by atoms with E-state index in [2.05, 4.69) is 5.32 Å².